The fourth-order valence-electron chi connectivity index (χ4n) is 2.34. The summed E-state index contributed by atoms with van der Waals surface area (Å²) in [6.07, 6.45) is 0.991. The van der Waals surface area contributed by atoms with Crippen LogP contribution in [0.2, 0.25) is 0 Å². The molecule has 27 heavy (non-hydrogen) atoms. The van der Waals surface area contributed by atoms with Crippen molar-refractivity contribution in [3.8, 4) is 5.75 Å². The van der Waals surface area contributed by atoms with Crippen LogP contribution in [0, 0.1) is 12.3 Å². The third-order valence-corrected chi connectivity index (χ3v) is 3.89. The molecule has 0 aliphatic heterocycles. The molecule has 0 aliphatic carbocycles. The lowest BCUT2D eigenvalue weighted by atomic mass is 9.95. The predicted molar refractivity (Wildman–Crippen MR) is 109 cm³/mol. The fourth-order valence-corrected chi connectivity index (χ4v) is 2.34. The highest BCUT2D eigenvalue weighted by Gasteiger charge is 2.21. The maximum Gasteiger partial charge on any atom is 0.229 e. The zero-order valence-electron chi connectivity index (χ0n) is 16.5. The van der Waals surface area contributed by atoms with E-state index in [9.17, 15) is 9.59 Å². The molecule has 2 N–H and O–H groups in total. The Labute approximate surface area is 161 Å². The Hall–Kier alpha value is -2.82. The molecular weight excluding hydrogens is 340 g/mol. The van der Waals surface area contributed by atoms with Gasteiger partial charge in [-0.2, -0.15) is 0 Å². The summed E-state index contributed by atoms with van der Waals surface area (Å²) < 4.78 is 5.65. The van der Waals surface area contributed by atoms with Gasteiger partial charge in [-0.3, -0.25) is 9.59 Å². The molecule has 2 aromatic carbocycles. The van der Waals surface area contributed by atoms with E-state index in [4.69, 9.17) is 4.74 Å². The minimum Gasteiger partial charge on any atom is -0.494 e. The Morgan fingerprint density at radius 3 is 2.30 bits per heavy atom. The van der Waals surface area contributed by atoms with Gasteiger partial charge in [-0.15, -0.1) is 0 Å². The highest BCUT2D eigenvalue weighted by atomic mass is 16.5. The highest BCUT2D eigenvalue weighted by molar-refractivity contribution is 5.96. The van der Waals surface area contributed by atoms with E-state index < -0.39 is 5.41 Å². The first-order valence-electron chi connectivity index (χ1n) is 9.15. The van der Waals surface area contributed by atoms with Crippen molar-refractivity contribution in [2.75, 3.05) is 17.2 Å². The van der Waals surface area contributed by atoms with Crippen molar-refractivity contribution in [2.45, 2.75) is 40.5 Å². The third kappa shape index (κ3) is 7.13. The maximum absolute atomic E-state index is 12.1. The standard InChI is InChI=1S/C22H28N2O3/c1-16-8-5-11-19(14-16)27-13-7-12-20(25)23-17-9-6-10-18(15-17)24-21(26)22(2,3)4/h5-6,8-11,14-15H,7,12-13H2,1-4H3,(H,23,25)(H,24,26). The lowest BCUT2D eigenvalue weighted by molar-refractivity contribution is -0.123. The number of rotatable bonds is 7. The van der Waals surface area contributed by atoms with Crippen molar-refractivity contribution in [3.05, 3.63) is 54.1 Å². The lowest BCUT2D eigenvalue weighted by Crippen LogP contribution is -2.27. The van der Waals surface area contributed by atoms with Crippen LogP contribution in [0.5, 0.6) is 5.75 Å². The van der Waals surface area contributed by atoms with E-state index in [-0.39, 0.29) is 11.8 Å². The van der Waals surface area contributed by atoms with E-state index in [1.54, 1.807) is 24.3 Å². The Bertz CT molecular complexity index is 794. The molecule has 2 rings (SSSR count). The van der Waals surface area contributed by atoms with Gasteiger partial charge in [0.25, 0.3) is 0 Å². The van der Waals surface area contributed by atoms with E-state index in [0.717, 1.165) is 11.3 Å². The number of carbonyl (C=O) groups excluding carboxylic acids is 2. The van der Waals surface area contributed by atoms with Gasteiger partial charge < -0.3 is 15.4 Å². The summed E-state index contributed by atoms with van der Waals surface area (Å²) in [5.41, 5.74) is 1.99. The van der Waals surface area contributed by atoms with Gasteiger partial charge in [-0.05, 0) is 49.2 Å². The van der Waals surface area contributed by atoms with Crippen LogP contribution < -0.4 is 15.4 Å². The lowest BCUT2D eigenvalue weighted by Gasteiger charge is -2.18. The number of amides is 2. The van der Waals surface area contributed by atoms with Gasteiger partial charge in [-0.1, -0.05) is 39.0 Å². The average molecular weight is 368 g/mol. The molecule has 2 amide bonds. The van der Waals surface area contributed by atoms with Gasteiger partial charge in [0.2, 0.25) is 11.8 Å². The number of hydrogen-bond donors (Lipinski definition) is 2. The normalized spacial score (nSPS) is 11.0. The SMILES string of the molecule is Cc1cccc(OCCCC(=O)Nc2cccc(NC(=O)C(C)(C)C)c2)c1. The first kappa shape index (κ1) is 20.5. The minimum absolute atomic E-state index is 0.0701. The number of carbonyl (C=O) groups is 2. The molecule has 0 fully saturated rings. The van der Waals surface area contributed by atoms with E-state index in [1.807, 2.05) is 52.0 Å². The number of benzene rings is 2. The molecule has 5 nitrogen and oxygen atoms in total. The van der Waals surface area contributed by atoms with Crippen LogP contribution in [0.15, 0.2) is 48.5 Å². The van der Waals surface area contributed by atoms with Crippen molar-refractivity contribution < 1.29 is 14.3 Å². The van der Waals surface area contributed by atoms with E-state index in [1.165, 1.54) is 0 Å². The smallest absolute Gasteiger partial charge is 0.229 e. The zero-order valence-corrected chi connectivity index (χ0v) is 16.5. The number of aryl methyl sites for hydroxylation is 1. The number of anilines is 2. The van der Waals surface area contributed by atoms with Crippen molar-refractivity contribution in [1.29, 1.82) is 0 Å². The van der Waals surface area contributed by atoms with Gasteiger partial charge in [0.1, 0.15) is 5.75 Å². The quantitative estimate of drug-likeness (QED) is 0.691. The molecule has 0 heterocycles. The van der Waals surface area contributed by atoms with Gasteiger partial charge in [0.15, 0.2) is 0 Å². The van der Waals surface area contributed by atoms with Crippen LogP contribution in [0.4, 0.5) is 11.4 Å². The van der Waals surface area contributed by atoms with Gasteiger partial charge in [-0.25, -0.2) is 0 Å². The van der Waals surface area contributed by atoms with Crippen LogP contribution >= 0.6 is 0 Å². The molecule has 0 spiro atoms. The Kier molecular flexibility index (Phi) is 6.99. The van der Waals surface area contributed by atoms with Crippen molar-refractivity contribution in [3.63, 3.8) is 0 Å². The first-order chi connectivity index (χ1) is 12.7. The van der Waals surface area contributed by atoms with Crippen LogP contribution in [0.3, 0.4) is 0 Å². The molecule has 144 valence electrons. The predicted octanol–water partition coefficient (Wildman–Crippen LogP) is 4.78. The zero-order chi connectivity index (χ0) is 19.9. The first-order valence-corrected chi connectivity index (χ1v) is 9.15. The summed E-state index contributed by atoms with van der Waals surface area (Å²) in [6.45, 7) is 8.06. The molecule has 0 saturated carbocycles. The molecule has 0 bridgehead atoms. The maximum atomic E-state index is 12.1. The molecule has 0 saturated heterocycles. The number of hydrogen-bond acceptors (Lipinski definition) is 3. The summed E-state index contributed by atoms with van der Waals surface area (Å²) in [4.78, 5) is 24.2. The minimum atomic E-state index is -0.476. The van der Waals surface area contributed by atoms with E-state index in [0.29, 0.717) is 30.8 Å². The van der Waals surface area contributed by atoms with Crippen molar-refractivity contribution in [1.82, 2.24) is 0 Å². The summed E-state index contributed by atoms with van der Waals surface area (Å²) in [6, 6.07) is 15.0. The monoisotopic (exact) mass is 368 g/mol. The molecule has 0 aliphatic rings. The third-order valence-electron chi connectivity index (χ3n) is 3.89. The van der Waals surface area contributed by atoms with Crippen LogP contribution in [-0.2, 0) is 9.59 Å². The summed E-state index contributed by atoms with van der Waals surface area (Å²) in [5.74, 6) is 0.666. The number of nitrogens with one attached hydrogen (secondary N) is 2. The van der Waals surface area contributed by atoms with Crippen LogP contribution in [0.1, 0.15) is 39.2 Å². The largest absolute Gasteiger partial charge is 0.494 e. The molecule has 0 atom stereocenters. The summed E-state index contributed by atoms with van der Waals surface area (Å²) >= 11 is 0. The molecular formula is C22H28N2O3. The highest BCUT2D eigenvalue weighted by Crippen LogP contribution is 2.20. The van der Waals surface area contributed by atoms with Gasteiger partial charge in [0.05, 0.1) is 6.61 Å². The van der Waals surface area contributed by atoms with Gasteiger partial charge in [0, 0.05) is 23.2 Å². The van der Waals surface area contributed by atoms with Crippen LogP contribution in [-0.4, -0.2) is 18.4 Å². The topological polar surface area (TPSA) is 67.4 Å². The number of ether oxygens (including phenoxy) is 1. The second kappa shape index (κ2) is 9.21. The molecule has 0 radical (unpaired) electrons. The van der Waals surface area contributed by atoms with E-state index in [2.05, 4.69) is 10.6 Å². The molecule has 0 aromatic heterocycles. The molecule has 2 aromatic rings. The van der Waals surface area contributed by atoms with Crippen LogP contribution in [0.25, 0.3) is 0 Å². The Balaban J connectivity index is 1.78. The Morgan fingerprint density at radius 2 is 1.63 bits per heavy atom. The molecule has 5 heteroatoms. The van der Waals surface area contributed by atoms with E-state index >= 15 is 0 Å². The van der Waals surface area contributed by atoms with Crippen molar-refractivity contribution in [2.24, 2.45) is 5.41 Å². The summed E-state index contributed by atoms with van der Waals surface area (Å²) in [5, 5.41) is 5.72. The molecule has 0 unspecified atom stereocenters. The Morgan fingerprint density at radius 1 is 0.963 bits per heavy atom. The van der Waals surface area contributed by atoms with Crippen molar-refractivity contribution >= 4 is 23.2 Å². The second-order valence-corrected chi connectivity index (χ2v) is 7.60. The van der Waals surface area contributed by atoms with Gasteiger partial charge >= 0.3 is 0 Å². The fraction of sp³-hybridized carbons (Fsp3) is 0.364. The summed E-state index contributed by atoms with van der Waals surface area (Å²) in [7, 11) is 0. The average Bonchev–Trinajstić information content (AvgIpc) is 2.58. The second-order valence-electron chi connectivity index (χ2n) is 7.60.